The maximum atomic E-state index is 13.7. The Morgan fingerprint density at radius 2 is 1.85 bits per heavy atom. The van der Waals surface area contributed by atoms with Crippen LogP contribution in [0.1, 0.15) is 16.1 Å². The van der Waals surface area contributed by atoms with Crippen LogP contribution < -0.4 is 0 Å². The minimum absolute atomic E-state index is 0.118. The zero-order valence-electron chi connectivity index (χ0n) is 10.6. The summed E-state index contributed by atoms with van der Waals surface area (Å²) in [4.78, 5) is 12.4. The van der Waals surface area contributed by atoms with Crippen LogP contribution in [-0.2, 0) is 7.05 Å². The van der Waals surface area contributed by atoms with Gasteiger partial charge in [0, 0.05) is 12.4 Å². The van der Waals surface area contributed by atoms with Crippen LogP contribution in [0.5, 0.6) is 0 Å². The highest BCUT2D eigenvalue weighted by atomic mass is 19.2. The molecule has 3 rings (SSSR count). The summed E-state index contributed by atoms with van der Waals surface area (Å²) >= 11 is 0. The van der Waals surface area contributed by atoms with E-state index in [2.05, 4.69) is 5.10 Å². The number of carbonyl (C=O) groups is 1. The van der Waals surface area contributed by atoms with Gasteiger partial charge in [-0.05, 0) is 18.2 Å². The van der Waals surface area contributed by atoms with E-state index in [0.29, 0.717) is 5.39 Å². The molecule has 0 fully saturated rings. The fraction of sp³-hybridized carbons (Fsp3) is 0.0667. The highest BCUT2D eigenvalue weighted by Gasteiger charge is 2.21. The summed E-state index contributed by atoms with van der Waals surface area (Å²) < 4.78 is 28.5. The van der Waals surface area contributed by atoms with Gasteiger partial charge >= 0.3 is 0 Å². The number of nitrogens with zero attached hydrogens (tertiary/aromatic N) is 2. The lowest BCUT2D eigenvalue weighted by atomic mass is 10.0. The van der Waals surface area contributed by atoms with Crippen molar-refractivity contribution in [1.29, 1.82) is 0 Å². The van der Waals surface area contributed by atoms with Crippen molar-refractivity contribution in [2.24, 2.45) is 7.05 Å². The van der Waals surface area contributed by atoms with Crippen LogP contribution in [0.3, 0.4) is 0 Å². The van der Waals surface area contributed by atoms with Gasteiger partial charge in [0.05, 0.1) is 11.1 Å². The predicted molar refractivity (Wildman–Crippen MR) is 70.5 cm³/mol. The van der Waals surface area contributed by atoms with E-state index in [1.54, 1.807) is 29.9 Å². The zero-order valence-corrected chi connectivity index (χ0v) is 10.6. The fourth-order valence-corrected chi connectivity index (χ4v) is 2.19. The Hall–Kier alpha value is -2.56. The van der Waals surface area contributed by atoms with Gasteiger partial charge in [0.25, 0.3) is 0 Å². The third-order valence-corrected chi connectivity index (χ3v) is 3.17. The molecule has 0 amide bonds. The first-order chi connectivity index (χ1) is 9.59. The predicted octanol–water partition coefficient (Wildman–Crippen LogP) is 3.08. The second kappa shape index (κ2) is 4.52. The summed E-state index contributed by atoms with van der Waals surface area (Å²) in [7, 11) is 1.70. The second-order valence-corrected chi connectivity index (χ2v) is 4.42. The average molecular weight is 272 g/mol. The molecule has 0 aliphatic carbocycles. The van der Waals surface area contributed by atoms with Gasteiger partial charge in [0.1, 0.15) is 5.69 Å². The van der Waals surface area contributed by atoms with Gasteiger partial charge in [-0.1, -0.05) is 24.3 Å². The van der Waals surface area contributed by atoms with Gasteiger partial charge in [-0.25, -0.2) is 8.78 Å². The van der Waals surface area contributed by atoms with E-state index in [-0.39, 0.29) is 11.3 Å². The molecule has 0 saturated heterocycles. The molecular weight excluding hydrogens is 262 g/mol. The number of aryl methyl sites for hydroxylation is 1. The second-order valence-electron chi connectivity index (χ2n) is 4.42. The Morgan fingerprint density at radius 1 is 1.10 bits per heavy atom. The van der Waals surface area contributed by atoms with E-state index < -0.39 is 17.4 Å². The highest BCUT2D eigenvalue weighted by molar-refractivity contribution is 6.14. The molecule has 20 heavy (non-hydrogen) atoms. The first kappa shape index (κ1) is 12.5. The number of fused-ring (bicyclic) bond motifs is 1. The van der Waals surface area contributed by atoms with Crippen LogP contribution in [0.2, 0.25) is 0 Å². The summed E-state index contributed by atoms with van der Waals surface area (Å²) in [5.74, 6) is -2.82. The Morgan fingerprint density at radius 3 is 2.65 bits per heavy atom. The van der Waals surface area contributed by atoms with Gasteiger partial charge in [-0.2, -0.15) is 5.10 Å². The van der Waals surface area contributed by atoms with Crippen molar-refractivity contribution in [3.63, 3.8) is 0 Å². The van der Waals surface area contributed by atoms with Gasteiger partial charge in [0.2, 0.25) is 5.78 Å². The quantitative estimate of drug-likeness (QED) is 0.672. The SMILES string of the molecule is Cn1nc(C(=O)c2cccc(F)c2F)c2ccccc21. The van der Waals surface area contributed by atoms with Crippen molar-refractivity contribution in [3.05, 3.63) is 65.4 Å². The van der Waals surface area contributed by atoms with Crippen LogP contribution in [0, 0.1) is 11.6 Å². The average Bonchev–Trinajstić information content (AvgIpc) is 2.79. The van der Waals surface area contributed by atoms with Crippen LogP contribution in [0.4, 0.5) is 8.78 Å². The fourth-order valence-electron chi connectivity index (χ4n) is 2.19. The highest BCUT2D eigenvalue weighted by Crippen LogP contribution is 2.22. The smallest absolute Gasteiger partial charge is 0.216 e. The molecule has 0 bridgehead atoms. The maximum absolute atomic E-state index is 13.7. The molecule has 0 spiro atoms. The van der Waals surface area contributed by atoms with E-state index in [1.807, 2.05) is 6.07 Å². The first-order valence-corrected chi connectivity index (χ1v) is 6.00. The number of benzene rings is 2. The van der Waals surface area contributed by atoms with E-state index in [4.69, 9.17) is 0 Å². The summed E-state index contributed by atoms with van der Waals surface area (Å²) in [5.41, 5.74) is 0.564. The molecule has 2 aromatic carbocycles. The zero-order chi connectivity index (χ0) is 14.3. The number of para-hydroxylation sites is 1. The molecule has 0 unspecified atom stereocenters. The third kappa shape index (κ3) is 1.79. The van der Waals surface area contributed by atoms with Crippen molar-refractivity contribution >= 4 is 16.7 Å². The Labute approximate surface area is 113 Å². The summed E-state index contributed by atoms with van der Waals surface area (Å²) in [5, 5.41) is 4.73. The molecular formula is C15H10F2N2O. The molecule has 0 atom stereocenters. The van der Waals surface area contributed by atoms with E-state index in [1.165, 1.54) is 12.1 Å². The largest absolute Gasteiger partial charge is 0.287 e. The van der Waals surface area contributed by atoms with Crippen molar-refractivity contribution in [1.82, 2.24) is 9.78 Å². The van der Waals surface area contributed by atoms with Crippen LogP contribution in [0.15, 0.2) is 42.5 Å². The van der Waals surface area contributed by atoms with E-state index in [0.717, 1.165) is 11.6 Å². The van der Waals surface area contributed by atoms with E-state index in [9.17, 15) is 13.6 Å². The normalized spacial score (nSPS) is 10.9. The van der Waals surface area contributed by atoms with Gasteiger partial charge < -0.3 is 0 Å². The topological polar surface area (TPSA) is 34.9 Å². The van der Waals surface area contributed by atoms with Crippen molar-refractivity contribution in [2.75, 3.05) is 0 Å². The number of hydrogen-bond acceptors (Lipinski definition) is 2. The molecule has 0 aliphatic rings. The summed E-state index contributed by atoms with van der Waals surface area (Å²) in [6, 6.07) is 10.7. The minimum atomic E-state index is -1.15. The lowest BCUT2D eigenvalue weighted by molar-refractivity contribution is 0.103. The van der Waals surface area contributed by atoms with Crippen molar-refractivity contribution in [3.8, 4) is 0 Å². The molecule has 1 heterocycles. The van der Waals surface area contributed by atoms with Gasteiger partial charge in [-0.15, -0.1) is 0 Å². The number of carbonyl (C=O) groups excluding carboxylic acids is 1. The molecule has 0 aliphatic heterocycles. The molecule has 100 valence electrons. The Bertz CT molecular complexity index is 824. The maximum Gasteiger partial charge on any atom is 0.216 e. The first-order valence-electron chi connectivity index (χ1n) is 6.00. The van der Waals surface area contributed by atoms with E-state index >= 15 is 0 Å². The lowest BCUT2D eigenvalue weighted by Crippen LogP contribution is -2.07. The van der Waals surface area contributed by atoms with Crippen molar-refractivity contribution < 1.29 is 13.6 Å². The summed E-state index contributed by atoms with van der Waals surface area (Å²) in [6.07, 6.45) is 0. The number of hydrogen-bond donors (Lipinski definition) is 0. The van der Waals surface area contributed by atoms with Crippen LogP contribution in [0.25, 0.3) is 10.9 Å². The monoisotopic (exact) mass is 272 g/mol. The molecule has 0 N–H and O–H groups in total. The van der Waals surface area contributed by atoms with Gasteiger partial charge in [-0.3, -0.25) is 9.48 Å². The van der Waals surface area contributed by atoms with Gasteiger partial charge in [0.15, 0.2) is 11.6 Å². The number of aromatic nitrogens is 2. The molecule has 0 radical (unpaired) electrons. The standard InChI is InChI=1S/C15H10F2N2O/c1-19-12-8-3-2-5-9(12)14(18-19)15(20)10-6-4-7-11(16)13(10)17/h2-8H,1H3. The number of ketones is 1. The van der Waals surface area contributed by atoms with Crippen LogP contribution in [-0.4, -0.2) is 15.6 Å². The summed E-state index contributed by atoms with van der Waals surface area (Å²) in [6.45, 7) is 0. The molecule has 3 nitrogen and oxygen atoms in total. The molecule has 3 aromatic rings. The Balaban J connectivity index is 2.21. The lowest BCUT2D eigenvalue weighted by Gasteiger charge is -2.01. The molecule has 1 aromatic heterocycles. The Kier molecular flexibility index (Phi) is 2.82. The number of halogens is 2. The third-order valence-electron chi connectivity index (χ3n) is 3.17. The minimum Gasteiger partial charge on any atom is -0.287 e. The number of rotatable bonds is 2. The van der Waals surface area contributed by atoms with Crippen molar-refractivity contribution in [2.45, 2.75) is 0 Å². The van der Waals surface area contributed by atoms with Crippen LogP contribution >= 0.6 is 0 Å². The molecule has 5 heteroatoms. The molecule has 0 saturated carbocycles.